The smallest absolute Gasteiger partial charge is 0.272 e. The minimum Gasteiger partial charge on any atom is -0.337 e. The van der Waals surface area contributed by atoms with Crippen LogP contribution in [0.3, 0.4) is 0 Å². The number of nitrogens with zero attached hydrogens (tertiary/aromatic N) is 4. The number of pyridine rings is 1. The van der Waals surface area contributed by atoms with E-state index in [0.29, 0.717) is 37.4 Å². The van der Waals surface area contributed by atoms with E-state index in [2.05, 4.69) is 15.0 Å². The molecular weight excluding hydrogens is 471 g/mol. The quantitative estimate of drug-likeness (QED) is 0.491. The van der Waals surface area contributed by atoms with Gasteiger partial charge in [0.15, 0.2) is 11.6 Å². The average molecular weight is 501 g/mol. The van der Waals surface area contributed by atoms with Crippen LogP contribution in [0.25, 0.3) is 11.4 Å². The predicted molar refractivity (Wildman–Crippen MR) is 135 cm³/mol. The van der Waals surface area contributed by atoms with Gasteiger partial charge < -0.3 is 4.90 Å². The first-order valence-electron chi connectivity index (χ1n) is 12.7. The Kier molecular flexibility index (Phi) is 6.91. The molecule has 7 nitrogen and oxygen atoms in total. The van der Waals surface area contributed by atoms with Gasteiger partial charge in [-0.1, -0.05) is 6.07 Å². The number of piperidine rings is 1. The second kappa shape index (κ2) is 10.3. The molecule has 37 heavy (non-hydrogen) atoms. The Labute approximate surface area is 215 Å². The molecule has 1 amide bonds. The molecule has 0 radical (unpaired) electrons. The summed E-state index contributed by atoms with van der Waals surface area (Å²) < 4.78 is 13.2. The number of carbonyl (C=O) groups is 3. The van der Waals surface area contributed by atoms with E-state index >= 15 is 0 Å². The molecule has 0 N–H and O–H groups in total. The number of aromatic nitrogens is 3. The van der Waals surface area contributed by atoms with Crippen molar-refractivity contribution in [1.82, 2.24) is 19.9 Å². The van der Waals surface area contributed by atoms with Gasteiger partial charge in [-0.25, -0.2) is 14.4 Å². The molecule has 0 unspecified atom stereocenters. The lowest BCUT2D eigenvalue weighted by Gasteiger charge is -2.38. The van der Waals surface area contributed by atoms with Crippen LogP contribution in [-0.4, -0.2) is 50.4 Å². The number of hydrogen-bond acceptors (Lipinski definition) is 6. The molecule has 2 aliphatic rings. The summed E-state index contributed by atoms with van der Waals surface area (Å²) in [6.45, 7) is 4.98. The van der Waals surface area contributed by atoms with Gasteiger partial charge in [0.25, 0.3) is 5.91 Å². The molecule has 8 heteroatoms. The van der Waals surface area contributed by atoms with Gasteiger partial charge in [-0.2, -0.15) is 0 Å². The minimum atomic E-state index is -0.759. The Morgan fingerprint density at radius 1 is 0.919 bits per heavy atom. The molecule has 1 saturated heterocycles. The van der Waals surface area contributed by atoms with Crippen molar-refractivity contribution >= 4 is 17.5 Å². The van der Waals surface area contributed by atoms with Gasteiger partial charge in [0.05, 0.1) is 12.4 Å². The molecule has 1 aliphatic carbocycles. The molecule has 5 rings (SSSR count). The molecule has 2 aromatic heterocycles. The van der Waals surface area contributed by atoms with Crippen molar-refractivity contribution in [2.75, 3.05) is 13.1 Å². The number of rotatable bonds is 4. The summed E-state index contributed by atoms with van der Waals surface area (Å²) in [5.41, 5.74) is 3.58. The molecule has 3 aromatic rings. The number of ketones is 2. The molecule has 0 spiro atoms. The lowest BCUT2D eigenvalue weighted by molar-refractivity contribution is -0.134. The minimum absolute atomic E-state index is 0.0100. The molecule has 0 bridgehead atoms. The summed E-state index contributed by atoms with van der Waals surface area (Å²) in [6, 6.07) is 9.02. The van der Waals surface area contributed by atoms with Crippen molar-refractivity contribution in [3.05, 3.63) is 77.1 Å². The number of halogens is 1. The number of carbonyl (C=O) groups excluding carboxylic acids is 3. The van der Waals surface area contributed by atoms with Gasteiger partial charge in [-0.15, -0.1) is 0 Å². The largest absolute Gasteiger partial charge is 0.337 e. The van der Waals surface area contributed by atoms with E-state index < -0.39 is 11.7 Å². The van der Waals surface area contributed by atoms with Gasteiger partial charge in [0.1, 0.15) is 23.2 Å². The van der Waals surface area contributed by atoms with Crippen molar-refractivity contribution < 1.29 is 18.8 Å². The third-order valence-electron chi connectivity index (χ3n) is 7.71. The van der Waals surface area contributed by atoms with Crippen LogP contribution in [0.5, 0.6) is 0 Å². The maximum atomic E-state index is 13.4. The second-order valence-corrected chi connectivity index (χ2v) is 10.1. The third-order valence-corrected chi connectivity index (χ3v) is 7.71. The Hall–Kier alpha value is -3.81. The molecule has 1 saturated carbocycles. The predicted octanol–water partition coefficient (Wildman–Crippen LogP) is 4.48. The number of hydrogen-bond donors (Lipinski definition) is 0. The summed E-state index contributed by atoms with van der Waals surface area (Å²) >= 11 is 0. The fourth-order valence-electron chi connectivity index (χ4n) is 5.91. The van der Waals surface area contributed by atoms with E-state index in [0.717, 1.165) is 47.5 Å². The topological polar surface area (TPSA) is 93.1 Å². The molecule has 1 aromatic carbocycles. The van der Waals surface area contributed by atoms with Crippen LogP contribution in [0.4, 0.5) is 4.39 Å². The average Bonchev–Trinajstić information content (AvgIpc) is 2.90. The van der Waals surface area contributed by atoms with Gasteiger partial charge in [-0.3, -0.25) is 19.4 Å². The Balaban J connectivity index is 1.26. The first-order chi connectivity index (χ1) is 17.8. The van der Waals surface area contributed by atoms with Crippen molar-refractivity contribution in [1.29, 1.82) is 0 Å². The lowest BCUT2D eigenvalue weighted by Crippen LogP contribution is -2.43. The van der Waals surface area contributed by atoms with Crippen LogP contribution in [0.2, 0.25) is 0 Å². The lowest BCUT2D eigenvalue weighted by atomic mass is 9.69. The summed E-state index contributed by atoms with van der Waals surface area (Å²) in [5.74, 6) is -0.769. The Bertz CT molecular complexity index is 1290. The van der Waals surface area contributed by atoms with E-state index in [1.807, 2.05) is 30.9 Å². The maximum absolute atomic E-state index is 13.4. The number of Topliss-reactive ketones (excluding diaryl/α,β-unsaturated/α-hetero) is 2. The normalized spacial score (nSPS) is 20.8. The number of aryl methyl sites for hydroxylation is 2. The van der Waals surface area contributed by atoms with Crippen LogP contribution < -0.4 is 0 Å². The molecular formula is C29H29FN4O3. The zero-order chi connectivity index (χ0) is 26.1. The van der Waals surface area contributed by atoms with Crippen molar-refractivity contribution in [2.45, 2.75) is 45.4 Å². The summed E-state index contributed by atoms with van der Waals surface area (Å²) in [5, 5.41) is 0. The first-order valence-corrected chi connectivity index (χ1v) is 12.7. The Morgan fingerprint density at radius 2 is 1.54 bits per heavy atom. The van der Waals surface area contributed by atoms with Gasteiger partial charge in [-0.05, 0) is 79.5 Å². The molecule has 3 heterocycles. The fraction of sp³-hybridized carbons (Fsp3) is 0.379. The van der Waals surface area contributed by atoms with Crippen molar-refractivity contribution in [3.63, 3.8) is 0 Å². The zero-order valence-corrected chi connectivity index (χ0v) is 21.0. The van der Waals surface area contributed by atoms with Crippen LogP contribution in [0.15, 0.2) is 48.9 Å². The van der Waals surface area contributed by atoms with Crippen molar-refractivity contribution in [3.8, 4) is 11.4 Å². The van der Waals surface area contributed by atoms with Crippen LogP contribution >= 0.6 is 0 Å². The van der Waals surface area contributed by atoms with E-state index in [-0.39, 0.29) is 29.3 Å². The highest BCUT2D eigenvalue weighted by Crippen LogP contribution is 2.40. The number of benzene rings is 1. The molecule has 2 fully saturated rings. The van der Waals surface area contributed by atoms with Gasteiger partial charge >= 0.3 is 0 Å². The zero-order valence-electron chi connectivity index (χ0n) is 21.0. The standard InChI is InChI=1S/C29H29FN4O3/c1-17-11-21(28-32-15-22(30)16-33-28)12-18(2)26(17)27-24(35)13-20(14-25(27)36)19-6-9-34(10-7-19)29(37)23-5-3-4-8-31-23/h3-5,8,11-12,15-16,19-20,27H,6-7,9-10,13-14H2,1-2H3. The number of amides is 1. The maximum Gasteiger partial charge on any atom is 0.272 e. The van der Waals surface area contributed by atoms with Crippen molar-refractivity contribution in [2.24, 2.45) is 11.8 Å². The summed E-state index contributed by atoms with van der Waals surface area (Å²) in [6.07, 6.45) is 6.15. The third kappa shape index (κ3) is 5.05. The van der Waals surface area contributed by atoms with E-state index in [1.54, 1.807) is 24.4 Å². The fourth-order valence-corrected chi connectivity index (χ4v) is 5.91. The van der Waals surface area contributed by atoms with Gasteiger partial charge in [0.2, 0.25) is 0 Å². The second-order valence-electron chi connectivity index (χ2n) is 10.1. The number of likely N-dealkylation sites (tertiary alicyclic amines) is 1. The molecule has 190 valence electrons. The van der Waals surface area contributed by atoms with Crippen LogP contribution in [0, 0.1) is 31.5 Å². The molecule has 1 aliphatic heterocycles. The Morgan fingerprint density at radius 3 is 2.11 bits per heavy atom. The van der Waals surface area contributed by atoms with Gasteiger partial charge in [0, 0.05) is 37.7 Å². The summed E-state index contributed by atoms with van der Waals surface area (Å²) in [7, 11) is 0. The summed E-state index contributed by atoms with van der Waals surface area (Å²) in [4.78, 5) is 53.5. The van der Waals surface area contributed by atoms with E-state index in [4.69, 9.17) is 0 Å². The van der Waals surface area contributed by atoms with Crippen LogP contribution in [-0.2, 0) is 9.59 Å². The van der Waals surface area contributed by atoms with Crippen LogP contribution in [0.1, 0.15) is 58.8 Å². The van der Waals surface area contributed by atoms with E-state index in [1.165, 1.54) is 0 Å². The molecule has 0 atom stereocenters. The highest BCUT2D eigenvalue weighted by molar-refractivity contribution is 6.10. The highest BCUT2D eigenvalue weighted by atomic mass is 19.1. The highest BCUT2D eigenvalue weighted by Gasteiger charge is 2.41. The van der Waals surface area contributed by atoms with E-state index in [9.17, 15) is 18.8 Å². The monoisotopic (exact) mass is 500 g/mol. The SMILES string of the molecule is Cc1cc(-c2ncc(F)cn2)cc(C)c1C1C(=O)CC(C2CCN(C(=O)c3ccccn3)CC2)CC1=O. The first kappa shape index (κ1) is 24.9.